The second kappa shape index (κ2) is 2.79. The van der Waals surface area contributed by atoms with E-state index in [9.17, 15) is 0 Å². The third-order valence-electron chi connectivity index (χ3n) is 2.80. The second-order valence-electron chi connectivity index (χ2n) is 4.63. The first-order valence-corrected chi connectivity index (χ1v) is 5.53. The average Bonchev–Trinajstić information content (AvgIpc) is 2.50. The third-order valence-corrected chi connectivity index (χ3v) is 4.11. The summed E-state index contributed by atoms with van der Waals surface area (Å²) in [7, 11) is 0. The fourth-order valence-electron chi connectivity index (χ4n) is 1.56. The van der Waals surface area contributed by atoms with Gasteiger partial charge in [-0.05, 0) is 18.8 Å². The van der Waals surface area contributed by atoms with Crippen LogP contribution in [0, 0.1) is 5.41 Å². The van der Waals surface area contributed by atoms with Gasteiger partial charge >= 0.3 is 0 Å². The first-order chi connectivity index (χ1) is 6.00. The van der Waals surface area contributed by atoms with Crippen LogP contribution < -0.4 is 5.73 Å². The number of hydrogen-bond acceptors (Lipinski definition) is 3. The summed E-state index contributed by atoms with van der Waals surface area (Å²) in [4.78, 5) is 5.64. The van der Waals surface area contributed by atoms with Gasteiger partial charge in [0, 0.05) is 23.0 Å². The van der Waals surface area contributed by atoms with Crippen LogP contribution in [0.2, 0.25) is 0 Å². The van der Waals surface area contributed by atoms with Gasteiger partial charge in [-0.1, -0.05) is 13.8 Å². The van der Waals surface area contributed by atoms with Crippen LogP contribution >= 0.6 is 11.3 Å². The van der Waals surface area contributed by atoms with E-state index in [2.05, 4.69) is 18.8 Å². The fraction of sp³-hybridized carbons (Fsp3) is 0.700. The monoisotopic (exact) mass is 196 g/mol. The largest absolute Gasteiger partial charge is 0.323 e. The smallest absolute Gasteiger partial charge is 0.0964 e. The third kappa shape index (κ3) is 1.63. The van der Waals surface area contributed by atoms with Crippen molar-refractivity contribution in [2.24, 2.45) is 11.1 Å². The Kier molecular flexibility index (Phi) is 1.96. The molecule has 3 heteroatoms. The van der Waals surface area contributed by atoms with Crippen molar-refractivity contribution >= 4 is 11.3 Å². The number of thiazole rings is 1. The van der Waals surface area contributed by atoms with E-state index in [1.807, 2.05) is 13.1 Å². The van der Waals surface area contributed by atoms with Crippen molar-refractivity contribution in [3.63, 3.8) is 0 Å². The zero-order valence-electron chi connectivity index (χ0n) is 8.37. The van der Waals surface area contributed by atoms with Crippen molar-refractivity contribution in [2.45, 2.75) is 39.2 Å². The lowest BCUT2D eigenvalue weighted by Crippen LogP contribution is -2.01. The van der Waals surface area contributed by atoms with Gasteiger partial charge in [-0.3, -0.25) is 0 Å². The Balaban J connectivity index is 2.16. The molecule has 1 saturated carbocycles. The van der Waals surface area contributed by atoms with Gasteiger partial charge in [-0.25, -0.2) is 4.98 Å². The van der Waals surface area contributed by atoms with Gasteiger partial charge < -0.3 is 5.73 Å². The van der Waals surface area contributed by atoms with Gasteiger partial charge in [0.05, 0.1) is 5.01 Å². The van der Waals surface area contributed by atoms with Crippen molar-refractivity contribution in [3.8, 4) is 0 Å². The quantitative estimate of drug-likeness (QED) is 0.789. The lowest BCUT2D eigenvalue weighted by atomic mass is 10.1. The molecule has 2 atom stereocenters. The van der Waals surface area contributed by atoms with E-state index < -0.39 is 0 Å². The summed E-state index contributed by atoms with van der Waals surface area (Å²) in [6, 6.07) is 0.133. The highest BCUT2D eigenvalue weighted by Gasteiger charge is 2.48. The van der Waals surface area contributed by atoms with E-state index in [-0.39, 0.29) is 6.04 Å². The first-order valence-electron chi connectivity index (χ1n) is 4.72. The minimum absolute atomic E-state index is 0.133. The highest BCUT2D eigenvalue weighted by Crippen LogP contribution is 2.59. The molecular weight excluding hydrogens is 180 g/mol. The van der Waals surface area contributed by atoms with Crippen LogP contribution in [0.3, 0.4) is 0 Å². The van der Waals surface area contributed by atoms with Crippen molar-refractivity contribution in [1.82, 2.24) is 4.98 Å². The lowest BCUT2D eigenvalue weighted by molar-refractivity contribution is 0.620. The molecule has 0 aromatic carbocycles. The highest BCUT2D eigenvalue weighted by atomic mass is 32.1. The number of hydrogen-bond donors (Lipinski definition) is 1. The molecule has 1 aromatic heterocycles. The van der Waals surface area contributed by atoms with Gasteiger partial charge in [0.15, 0.2) is 0 Å². The Hall–Kier alpha value is -0.410. The minimum Gasteiger partial charge on any atom is -0.323 e. The van der Waals surface area contributed by atoms with E-state index in [1.165, 1.54) is 16.3 Å². The molecule has 72 valence electrons. The summed E-state index contributed by atoms with van der Waals surface area (Å²) in [5, 5.41) is 1.28. The van der Waals surface area contributed by atoms with Crippen molar-refractivity contribution in [2.75, 3.05) is 0 Å². The molecule has 1 aliphatic carbocycles. The van der Waals surface area contributed by atoms with Gasteiger partial charge in [0.2, 0.25) is 0 Å². The Morgan fingerprint density at radius 2 is 2.31 bits per heavy atom. The summed E-state index contributed by atoms with van der Waals surface area (Å²) >= 11 is 1.78. The summed E-state index contributed by atoms with van der Waals surface area (Å²) < 4.78 is 0. The van der Waals surface area contributed by atoms with Crippen LogP contribution in [0.1, 0.15) is 49.0 Å². The van der Waals surface area contributed by atoms with Crippen molar-refractivity contribution < 1.29 is 0 Å². The van der Waals surface area contributed by atoms with E-state index in [4.69, 9.17) is 5.73 Å². The van der Waals surface area contributed by atoms with Gasteiger partial charge in [0.25, 0.3) is 0 Å². The Bertz CT molecular complexity index is 314. The van der Waals surface area contributed by atoms with Crippen LogP contribution in [0.15, 0.2) is 6.20 Å². The summed E-state index contributed by atoms with van der Waals surface area (Å²) in [5.41, 5.74) is 6.26. The summed E-state index contributed by atoms with van der Waals surface area (Å²) in [5.74, 6) is 0.685. The van der Waals surface area contributed by atoms with Gasteiger partial charge in [0.1, 0.15) is 0 Å². The Morgan fingerprint density at radius 1 is 1.69 bits per heavy atom. The lowest BCUT2D eigenvalue weighted by Gasteiger charge is -1.99. The molecule has 2 unspecified atom stereocenters. The molecule has 2 nitrogen and oxygen atoms in total. The molecule has 1 fully saturated rings. The van der Waals surface area contributed by atoms with Crippen LogP contribution in [-0.4, -0.2) is 4.98 Å². The molecule has 2 rings (SSSR count). The molecule has 13 heavy (non-hydrogen) atoms. The average molecular weight is 196 g/mol. The molecule has 1 heterocycles. The molecule has 0 saturated heterocycles. The highest BCUT2D eigenvalue weighted by molar-refractivity contribution is 7.11. The topological polar surface area (TPSA) is 38.9 Å². The molecular formula is C10H16N2S. The second-order valence-corrected chi connectivity index (χ2v) is 5.73. The van der Waals surface area contributed by atoms with Crippen LogP contribution in [-0.2, 0) is 0 Å². The normalized spacial score (nSPS) is 27.2. The Morgan fingerprint density at radius 3 is 2.69 bits per heavy atom. The Labute approximate surface area is 83.2 Å². The van der Waals surface area contributed by atoms with E-state index in [1.54, 1.807) is 11.3 Å². The van der Waals surface area contributed by atoms with E-state index >= 15 is 0 Å². The maximum Gasteiger partial charge on any atom is 0.0964 e. The molecule has 0 amide bonds. The molecule has 2 N–H and O–H groups in total. The molecule has 0 radical (unpaired) electrons. The number of rotatable bonds is 2. The zero-order chi connectivity index (χ0) is 9.64. The molecule has 1 aromatic rings. The first kappa shape index (κ1) is 9.16. The van der Waals surface area contributed by atoms with E-state index in [0.29, 0.717) is 11.3 Å². The number of nitrogens with zero attached hydrogens (tertiary/aromatic N) is 1. The van der Waals surface area contributed by atoms with Gasteiger partial charge in [-0.15, -0.1) is 11.3 Å². The summed E-state index contributed by atoms with van der Waals surface area (Å²) in [6.07, 6.45) is 3.21. The molecule has 1 aliphatic rings. The van der Waals surface area contributed by atoms with E-state index in [0.717, 1.165) is 0 Å². The molecule has 0 bridgehead atoms. The fourth-order valence-corrected chi connectivity index (χ4v) is 2.74. The number of aromatic nitrogens is 1. The number of nitrogens with two attached hydrogens (primary N) is 1. The van der Waals surface area contributed by atoms with Crippen LogP contribution in [0.5, 0.6) is 0 Å². The zero-order valence-corrected chi connectivity index (χ0v) is 9.19. The summed E-state index contributed by atoms with van der Waals surface area (Å²) in [6.45, 7) is 6.60. The van der Waals surface area contributed by atoms with Crippen LogP contribution in [0.4, 0.5) is 0 Å². The van der Waals surface area contributed by atoms with Crippen molar-refractivity contribution in [3.05, 3.63) is 16.1 Å². The predicted molar refractivity (Wildman–Crippen MR) is 55.9 cm³/mol. The maximum atomic E-state index is 5.79. The standard InChI is InChI=1S/C10H16N2S/c1-6(11)8-5-12-9(13-8)7-4-10(7,2)3/h5-7H,4,11H2,1-3H3. The molecule has 0 spiro atoms. The van der Waals surface area contributed by atoms with Crippen molar-refractivity contribution in [1.29, 1.82) is 0 Å². The van der Waals surface area contributed by atoms with Gasteiger partial charge in [-0.2, -0.15) is 0 Å². The predicted octanol–water partition coefficient (Wildman–Crippen LogP) is 2.68. The maximum absolute atomic E-state index is 5.79. The van der Waals surface area contributed by atoms with Crippen LogP contribution in [0.25, 0.3) is 0 Å². The SMILES string of the molecule is CC(N)c1cnc(C2CC2(C)C)s1. The molecule has 0 aliphatic heterocycles. The minimum atomic E-state index is 0.133.